The molecule has 1 aromatic carbocycles. The van der Waals surface area contributed by atoms with E-state index in [2.05, 4.69) is 24.7 Å². The smallest absolute Gasteiger partial charge is 0.413 e. The Bertz CT molecular complexity index is 1440. The van der Waals surface area contributed by atoms with E-state index in [0.717, 1.165) is 12.0 Å². The number of nitrogen functional groups attached to an aromatic ring is 2. The Kier molecular flexibility index (Phi) is 4.48. The fourth-order valence-electron chi connectivity index (χ4n) is 2.68. The first-order chi connectivity index (χ1) is 17.7. The van der Waals surface area contributed by atoms with Gasteiger partial charge in [-0.2, -0.15) is 0 Å². The molecule has 0 fully saturated rings. The van der Waals surface area contributed by atoms with E-state index in [0.29, 0.717) is 0 Å². The number of methoxy groups -OCH3 is 1. The third kappa shape index (κ3) is 4.56. The van der Waals surface area contributed by atoms with Crippen LogP contribution in [0.25, 0.3) is 5.70 Å². The number of carbonyl (C=O) groups excluding carboxylic acids is 1. The molecule has 0 saturated carbocycles. The summed E-state index contributed by atoms with van der Waals surface area (Å²) in [6.45, 7) is 0.850. The lowest BCUT2D eigenvalue weighted by Crippen LogP contribution is -2.28. The molecular weight excluding hydrogens is 415 g/mol. The van der Waals surface area contributed by atoms with E-state index in [9.17, 15) is 9.18 Å². The average Bonchev–Trinajstić information content (AvgIpc) is 2.88. The summed E-state index contributed by atoms with van der Waals surface area (Å²) >= 11 is 0. The van der Waals surface area contributed by atoms with E-state index in [1.54, 1.807) is 0 Å². The predicted molar refractivity (Wildman–Crippen MR) is 123 cm³/mol. The number of aliphatic imine (C=N–C) groups is 2. The van der Waals surface area contributed by atoms with Crippen molar-refractivity contribution in [3.05, 3.63) is 58.6 Å². The van der Waals surface area contributed by atoms with Gasteiger partial charge in [-0.1, -0.05) is 17.6 Å². The second-order valence-electron chi connectivity index (χ2n) is 6.39. The maximum atomic E-state index is 14.7. The minimum atomic E-state index is -1.11. The Labute approximate surface area is 192 Å². The summed E-state index contributed by atoms with van der Waals surface area (Å²) in [6, 6.07) is -2.64. The third-order valence-electron chi connectivity index (χ3n) is 4.21. The van der Waals surface area contributed by atoms with Gasteiger partial charge in [-0.15, -0.1) is 0 Å². The number of aromatic nitrogens is 2. The van der Waals surface area contributed by atoms with Gasteiger partial charge in [0.15, 0.2) is 23.3 Å². The second kappa shape index (κ2) is 9.25. The van der Waals surface area contributed by atoms with E-state index in [1.807, 2.05) is 0 Å². The number of hydrogen-bond donors (Lipinski definition) is 3. The van der Waals surface area contributed by atoms with Crippen LogP contribution in [0.4, 0.5) is 26.5 Å². The van der Waals surface area contributed by atoms with Crippen LogP contribution in [0.1, 0.15) is 25.2 Å². The fraction of sp³-hybridized carbons (Fsp3) is 0.190. The summed E-state index contributed by atoms with van der Waals surface area (Å²) < 4.78 is 67.2. The number of halogens is 1. The molecule has 11 heteroatoms. The highest BCUT2D eigenvalue weighted by molar-refractivity contribution is 6.13. The van der Waals surface area contributed by atoms with Gasteiger partial charge in [0.05, 0.1) is 27.6 Å². The molecule has 2 heterocycles. The fourth-order valence-corrected chi connectivity index (χ4v) is 2.68. The predicted octanol–water partition coefficient (Wildman–Crippen LogP) is 2.20. The number of anilines is 3. The van der Waals surface area contributed by atoms with Crippen molar-refractivity contribution >= 4 is 41.1 Å². The summed E-state index contributed by atoms with van der Waals surface area (Å²) in [5.74, 6) is -2.31. The van der Waals surface area contributed by atoms with Crippen LogP contribution in [-0.4, -0.2) is 42.2 Å². The molecule has 1 aliphatic heterocycles. The van der Waals surface area contributed by atoms with E-state index in [4.69, 9.17) is 25.4 Å². The number of rotatable bonds is 4. The van der Waals surface area contributed by atoms with Gasteiger partial charge >= 0.3 is 6.09 Å². The van der Waals surface area contributed by atoms with Crippen molar-refractivity contribution in [3.8, 4) is 0 Å². The summed E-state index contributed by atoms with van der Waals surface area (Å²) in [5.41, 5.74) is 17.2. The van der Waals surface area contributed by atoms with Gasteiger partial charge in [-0.05, 0) is 25.1 Å². The number of allylic oxidation sites excluding steroid dienone is 1. The molecule has 0 spiro atoms. The van der Waals surface area contributed by atoms with Crippen molar-refractivity contribution in [2.75, 3.05) is 30.5 Å². The maximum Gasteiger partial charge on any atom is 0.413 e. The number of nitrogens with zero attached hydrogens (tertiary/aromatic N) is 5. The Balaban J connectivity index is 2.19. The van der Waals surface area contributed by atoms with E-state index < -0.39 is 48.8 Å². The SMILES string of the molecule is [2H]C1=NC(=NCc2c([2H])c(C)c([2H])c([2H])c2F)C(=C(N)c2nc(N)c(N(C)C(=O)OC)c(N)n2)C([2H])=C1[2H]. The Hall–Kier alpha value is -4.28. The molecule has 2 aromatic rings. The number of dihydropyridines is 1. The number of benzene rings is 1. The van der Waals surface area contributed by atoms with Crippen molar-refractivity contribution in [1.82, 2.24) is 9.97 Å². The molecule has 10 nitrogen and oxygen atoms in total. The normalized spacial score (nSPS) is 19.2. The number of ether oxygens (including phenoxy) is 1. The van der Waals surface area contributed by atoms with Crippen LogP contribution >= 0.6 is 0 Å². The second-order valence-corrected chi connectivity index (χ2v) is 6.39. The first-order valence-corrected chi connectivity index (χ1v) is 9.00. The minimum absolute atomic E-state index is 0.0666. The molecule has 0 radical (unpaired) electrons. The number of nitrogens with two attached hydrogens (primary N) is 3. The third-order valence-corrected chi connectivity index (χ3v) is 4.21. The molecule has 0 bridgehead atoms. The molecule has 1 amide bonds. The number of hydrogen-bond acceptors (Lipinski definition) is 8. The van der Waals surface area contributed by atoms with E-state index >= 15 is 0 Å². The van der Waals surface area contributed by atoms with Gasteiger partial charge in [-0.3, -0.25) is 9.89 Å². The summed E-state index contributed by atoms with van der Waals surface area (Å²) in [6.07, 6.45) is -1.42. The first kappa shape index (κ1) is 15.5. The summed E-state index contributed by atoms with van der Waals surface area (Å²) in [4.78, 5) is 28.9. The lowest BCUT2D eigenvalue weighted by molar-refractivity contribution is 0.180. The number of amides is 1. The Morgan fingerprint density at radius 2 is 2.00 bits per heavy atom. The van der Waals surface area contributed by atoms with Gasteiger partial charge in [0.25, 0.3) is 0 Å². The minimum Gasteiger partial charge on any atom is -0.452 e. The zero-order valence-electron chi connectivity index (χ0n) is 23.4. The largest absolute Gasteiger partial charge is 0.452 e. The molecule has 166 valence electrons. The van der Waals surface area contributed by atoms with Crippen LogP contribution in [0.2, 0.25) is 0 Å². The molecule has 0 aliphatic carbocycles. The standard InChI is InChI=1S/C21H23FN8O2/c1-11-6-7-14(22)12(9-11)10-27-19-13(5-4-8-26-19)15(23)20-28-17(24)16(18(25)29-20)30(2)21(31)32-3/h4-9H,10,23H2,1-3H3,(H4,24,25,28,29)/i4D,5D,6D,7D,8D,9D. The van der Waals surface area contributed by atoms with Crippen molar-refractivity contribution in [2.24, 2.45) is 15.7 Å². The van der Waals surface area contributed by atoms with Crippen LogP contribution in [0, 0.1) is 12.7 Å². The average molecular weight is 445 g/mol. The molecule has 1 aromatic heterocycles. The molecule has 6 N–H and O–H groups in total. The molecule has 3 rings (SSSR count). The summed E-state index contributed by atoms with van der Waals surface area (Å²) in [5, 5.41) is 0. The highest BCUT2D eigenvalue weighted by atomic mass is 19.1. The van der Waals surface area contributed by atoms with Gasteiger partial charge in [0.1, 0.15) is 11.5 Å². The lowest BCUT2D eigenvalue weighted by Gasteiger charge is -2.19. The Morgan fingerprint density at radius 3 is 2.66 bits per heavy atom. The van der Waals surface area contributed by atoms with Gasteiger partial charge < -0.3 is 21.9 Å². The topological polar surface area (TPSA) is 158 Å². The molecule has 32 heavy (non-hydrogen) atoms. The van der Waals surface area contributed by atoms with E-state index in [1.165, 1.54) is 14.0 Å². The molecule has 0 unspecified atom stereocenters. The number of amidine groups is 1. The zero-order chi connectivity index (χ0) is 28.6. The molecular formula is C21H23FN8O2. The van der Waals surface area contributed by atoms with Crippen LogP contribution in [0.5, 0.6) is 0 Å². The van der Waals surface area contributed by atoms with Crippen LogP contribution in [-0.2, 0) is 11.3 Å². The van der Waals surface area contributed by atoms with Gasteiger partial charge in [0.2, 0.25) is 0 Å². The van der Waals surface area contributed by atoms with Crippen molar-refractivity contribution in [3.63, 3.8) is 0 Å². The zero-order valence-corrected chi connectivity index (χ0v) is 17.4. The number of carbonyl (C=O) groups is 1. The highest BCUT2D eigenvalue weighted by Crippen LogP contribution is 2.29. The highest BCUT2D eigenvalue weighted by Gasteiger charge is 2.22. The van der Waals surface area contributed by atoms with Gasteiger partial charge in [0, 0.05) is 24.4 Å². The van der Waals surface area contributed by atoms with Crippen LogP contribution in [0.15, 0.2) is 45.8 Å². The van der Waals surface area contributed by atoms with Gasteiger partial charge in [-0.25, -0.2) is 24.1 Å². The monoisotopic (exact) mass is 444 g/mol. The van der Waals surface area contributed by atoms with E-state index in [-0.39, 0.29) is 57.4 Å². The molecule has 1 aliphatic rings. The summed E-state index contributed by atoms with van der Waals surface area (Å²) in [7, 11) is 2.47. The van der Waals surface area contributed by atoms with Crippen molar-refractivity contribution in [2.45, 2.75) is 13.5 Å². The van der Waals surface area contributed by atoms with Crippen LogP contribution < -0.4 is 22.1 Å². The Morgan fingerprint density at radius 1 is 1.31 bits per heavy atom. The van der Waals surface area contributed by atoms with Crippen molar-refractivity contribution < 1.29 is 22.1 Å². The molecule has 0 saturated heterocycles. The lowest BCUT2D eigenvalue weighted by atomic mass is 10.1. The van der Waals surface area contributed by atoms with Crippen molar-refractivity contribution in [1.29, 1.82) is 0 Å². The molecule has 0 atom stereocenters. The first-order valence-electron chi connectivity index (χ1n) is 12.0. The quantitative estimate of drug-likeness (QED) is 0.652. The maximum absolute atomic E-state index is 14.7. The van der Waals surface area contributed by atoms with Crippen LogP contribution in [0.3, 0.4) is 0 Å².